The minimum atomic E-state index is -0.217. The van der Waals surface area contributed by atoms with Gasteiger partial charge in [0.15, 0.2) is 5.69 Å². The number of amides is 1. The van der Waals surface area contributed by atoms with Crippen molar-refractivity contribution in [1.29, 1.82) is 0 Å². The molecular weight excluding hydrogens is 216 g/mol. The molecule has 0 saturated carbocycles. The number of carbonyl (C=O) groups excluding carboxylic acids is 1. The number of carbonyl (C=O) groups is 1. The van der Waals surface area contributed by atoms with Crippen molar-refractivity contribution in [2.75, 3.05) is 0 Å². The summed E-state index contributed by atoms with van der Waals surface area (Å²) in [6, 6.07) is 9.55. The summed E-state index contributed by atoms with van der Waals surface area (Å²) >= 11 is 0. The Hall–Kier alpha value is -2.10. The first-order chi connectivity index (χ1) is 8.16. The van der Waals surface area contributed by atoms with Gasteiger partial charge in [0.05, 0.1) is 0 Å². The summed E-state index contributed by atoms with van der Waals surface area (Å²) in [7, 11) is 0. The van der Waals surface area contributed by atoms with Crippen LogP contribution in [0.4, 0.5) is 0 Å². The minimum Gasteiger partial charge on any atom is -0.361 e. The molecule has 2 rings (SSSR count). The molecule has 0 bridgehead atoms. The molecule has 4 heteroatoms. The van der Waals surface area contributed by atoms with Gasteiger partial charge in [0.1, 0.15) is 5.76 Å². The molecule has 1 heterocycles. The first kappa shape index (κ1) is 11.4. The Morgan fingerprint density at radius 1 is 1.35 bits per heavy atom. The highest BCUT2D eigenvalue weighted by Gasteiger charge is 2.10. The van der Waals surface area contributed by atoms with Crippen molar-refractivity contribution >= 4 is 5.91 Å². The lowest BCUT2D eigenvalue weighted by Gasteiger charge is -2.05. The molecule has 1 aromatic heterocycles. The van der Waals surface area contributed by atoms with E-state index in [1.807, 2.05) is 31.2 Å². The number of rotatable bonds is 3. The van der Waals surface area contributed by atoms with Gasteiger partial charge in [-0.05, 0) is 25.0 Å². The lowest BCUT2D eigenvalue weighted by atomic mass is 10.1. The largest absolute Gasteiger partial charge is 0.361 e. The van der Waals surface area contributed by atoms with E-state index < -0.39 is 0 Å². The highest BCUT2D eigenvalue weighted by Crippen LogP contribution is 2.07. The molecule has 0 saturated heterocycles. The normalized spacial score (nSPS) is 10.2. The molecule has 2 aromatic rings. The summed E-state index contributed by atoms with van der Waals surface area (Å²) in [6.45, 7) is 4.27. The van der Waals surface area contributed by atoms with E-state index in [1.165, 1.54) is 0 Å². The van der Waals surface area contributed by atoms with Gasteiger partial charge in [-0.15, -0.1) is 0 Å². The quantitative estimate of drug-likeness (QED) is 0.879. The van der Waals surface area contributed by atoms with Gasteiger partial charge >= 0.3 is 0 Å². The zero-order valence-corrected chi connectivity index (χ0v) is 9.86. The number of aromatic nitrogens is 1. The molecule has 4 nitrogen and oxygen atoms in total. The van der Waals surface area contributed by atoms with E-state index in [0.29, 0.717) is 18.0 Å². The fourth-order valence-corrected chi connectivity index (χ4v) is 1.55. The summed E-state index contributed by atoms with van der Waals surface area (Å²) in [4.78, 5) is 11.7. The van der Waals surface area contributed by atoms with Crippen molar-refractivity contribution in [3.05, 3.63) is 52.9 Å². The van der Waals surface area contributed by atoms with Crippen molar-refractivity contribution < 1.29 is 9.32 Å². The van der Waals surface area contributed by atoms with Crippen LogP contribution in [-0.4, -0.2) is 11.1 Å². The zero-order chi connectivity index (χ0) is 12.3. The summed E-state index contributed by atoms with van der Waals surface area (Å²) in [5.41, 5.74) is 2.57. The minimum absolute atomic E-state index is 0.217. The Bertz CT molecular complexity index is 532. The van der Waals surface area contributed by atoms with Gasteiger partial charge in [-0.3, -0.25) is 4.79 Å². The molecule has 1 aromatic carbocycles. The van der Waals surface area contributed by atoms with Crippen LogP contribution in [0, 0.1) is 13.8 Å². The monoisotopic (exact) mass is 230 g/mol. The van der Waals surface area contributed by atoms with Crippen LogP contribution in [0.2, 0.25) is 0 Å². The van der Waals surface area contributed by atoms with E-state index in [4.69, 9.17) is 4.52 Å². The molecule has 1 N–H and O–H groups in total. The van der Waals surface area contributed by atoms with E-state index >= 15 is 0 Å². The Morgan fingerprint density at radius 2 is 2.12 bits per heavy atom. The molecule has 0 aliphatic carbocycles. The van der Waals surface area contributed by atoms with Crippen LogP contribution in [0.3, 0.4) is 0 Å². The second-order valence-corrected chi connectivity index (χ2v) is 3.93. The third-order valence-electron chi connectivity index (χ3n) is 2.56. The molecule has 0 fully saturated rings. The topological polar surface area (TPSA) is 55.1 Å². The van der Waals surface area contributed by atoms with Crippen LogP contribution in [0.5, 0.6) is 0 Å². The van der Waals surface area contributed by atoms with E-state index in [0.717, 1.165) is 11.1 Å². The maximum atomic E-state index is 11.7. The van der Waals surface area contributed by atoms with Gasteiger partial charge in [-0.2, -0.15) is 0 Å². The van der Waals surface area contributed by atoms with E-state index in [-0.39, 0.29) is 5.91 Å². The number of benzene rings is 1. The first-order valence-electron chi connectivity index (χ1n) is 5.43. The highest BCUT2D eigenvalue weighted by molar-refractivity contribution is 5.92. The van der Waals surface area contributed by atoms with Crippen molar-refractivity contribution in [2.45, 2.75) is 20.4 Å². The van der Waals surface area contributed by atoms with Gasteiger partial charge < -0.3 is 9.84 Å². The van der Waals surface area contributed by atoms with Gasteiger partial charge in [-0.25, -0.2) is 0 Å². The highest BCUT2D eigenvalue weighted by atomic mass is 16.5. The predicted octanol–water partition coefficient (Wildman–Crippen LogP) is 2.22. The molecule has 0 aliphatic rings. The summed E-state index contributed by atoms with van der Waals surface area (Å²) in [6.07, 6.45) is 0. The third kappa shape index (κ3) is 2.72. The van der Waals surface area contributed by atoms with Crippen molar-refractivity contribution in [3.8, 4) is 0 Å². The molecule has 0 radical (unpaired) electrons. The van der Waals surface area contributed by atoms with Crippen LogP contribution >= 0.6 is 0 Å². The molecule has 0 unspecified atom stereocenters. The van der Waals surface area contributed by atoms with Gasteiger partial charge in [0.2, 0.25) is 0 Å². The summed E-state index contributed by atoms with van der Waals surface area (Å²) < 4.78 is 4.85. The van der Waals surface area contributed by atoms with E-state index in [2.05, 4.69) is 10.5 Å². The van der Waals surface area contributed by atoms with Crippen molar-refractivity contribution in [2.24, 2.45) is 0 Å². The van der Waals surface area contributed by atoms with Crippen LogP contribution in [-0.2, 0) is 6.54 Å². The van der Waals surface area contributed by atoms with E-state index in [1.54, 1.807) is 13.0 Å². The average molecular weight is 230 g/mol. The van der Waals surface area contributed by atoms with Crippen molar-refractivity contribution in [1.82, 2.24) is 10.5 Å². The smallest absolute Gasteiger partial charge is 0.273 e. The van der Waals surface area contributed by atoms with Crippen LogP contribution in [0.25, 0.3) is 0 Å². The zero-order valence-electron chi connectivity index (χ0n) is 9.86. The second kappa shape index (κ2) is 4.82. The average Bonchev–Trinajstić information content (AvgIpc) is 2.74. The lowest BCUT2D eigenvalue weighted by molar-refractivity contribution is 0.0942. The molecule has 0 spiro atoms. The third-order valence-corrected chi connectivity index (χ3v) is 2.56. The van der Waals surface area contributed by atoms with Gasteiger partial charge in [0, 0.05) is 12.6 Å². The first-order valence-corrected chi connectivity index (χ1v) is 5.43. The number of hydrogen-bond donors (Lipinski definition) is 1. The molecular formula is C13H14N2O2. The molecule has 17 heavy (non-hydrogen) atoms. The maximum Gasteiger partial charge on any atom is 0.273 e. The van der Waals surface area contributed by atoms with Gasteiger partial charge in [-0.1, -0.05) is 29.4 Å². The SMILES string of the molecule is Cc1cc(C(=O)NCc2ccccc2C)no1. The summed E-state index contributed by atoms with van der Waals surface area (Å²) in [5, 5.41) is 6.47. The Kier molecular flexibility index (Phi) is 3.23. The molecule has 0 aliphatic heterocycles. The number of nitrogens with one attached hydrogen (secondary N) is 1. The molecule has 0 atom stereocenters. The molecule has 88 valence electrons. The van der Waals surface area contributed by atoms with Crippen LogP contribution in [0.15, 0.2) is 34.9 Å². The number of nitrogens with zero attached hydrogens (tertiary/aromatic N) is 1. The Morgan fingerprint density at radius 3 is 2.76 bits per heavy atom. The van der Waals surface area contributed by atoms with E-state index in [9.17, 15) is 4.79 Å². The maximum absolute atomic E-state index is 11.7. The fraction of sp³-hybridized carbons (Fsp3) is 0.231. The second-order valence-electron chi connectivity index (χ2n) is 3.93. The Labute approximate surface area is 99.6 Å². The van der Waals surface area contributed by atoms with Crippen LogP contribution < -0.4 is 5.32 Å². The predicted molar refractivity (Wildman–Crippen MR) is 63.6 cm³/mol. The lowest BCUT2D eigenvalue weighted by Crippen LogP contribution is -2.23. The summed E-state index contributed by atoms with van der Waals surface area (Å²) in [5.74, 6) is 0.413. The Balaban J connectivity index is 1.99. The van der Waals surface area contributed by atoms with Gasteiger partial charge in [0.25, 0.3) is 5.91 Å². The standard InChI is InChI=1S/C13H14N2O2/c1-9-5-3-4-6-11(9)8-14-13(16)12-7-10(2)17-15-12/h3-7H,8H2,1-2H3,(H,14,16). The van der Waals surface area contributed by atoms with Crippen molar-refractivity contribution in [3.63, 3.8) is 0 Å². The fourth-order valence-electron chi connectivity index (χ4n) is 1.55. The number of hydrogen-bond acceptors (Lipinski definition) is 3. The van der Waals surface area contributed by atoms with Crippen LogP contribution in [0.1, 0.15) is 27.4 Å². The number of aryl methyl sites for hydroxylation is 2. The molecule has 1 amide bonds.